The summed E-state index contributed by atoms with van der Waals surface area (Å²) in [5.41, 5.74) is 1.39. The highest BCUT2D eigenvalue weighted by Crippen LogP contribution is 2.21. The summed E-state index contributed by atoms with van der Waals surface area (Å²) in [6, 6.07) is 11.6. The molecule has 0 aliphatic carbocycles. The predicted molar refractivity (Wildman–Crippen MR) is 113 cm³/mol. The zero-order valence-electron chi connectivity index (χ0n) is 16.3. The quantitative estimate of drug-likeness (QED) is 0.563. The second-order valence-corrected chi connectivity index (χ2v) is 7.25. The minimum Gasteiger partial charge on any atom is -0.356 e. The molecule has 2 aromatic carbocycles. The smallest absolute Gasteiger partial charge is 0.273 e. The first-order valence-electron chi connectivity index (χ1n) is 9.69. The fourth-order valence-corrected chi connectivity index (χ4v) is 3.35. The summed E-state index contributed by atoms with van der Waals surface area (Å²) in [5.74, 6) is -0.585. The van der Waals surface area contributed by atoms with Gasteiger partial charge in [0.1, 0.15) is 11.5 Å². The Labute approximate surface area is 173 Å². The van der Waals surface area contributed by atoms with E-state index in [1.165, 1.54) is 16.7 Å². The Morgan fingerprint density at radius 1 is 1.21 bits per heavy atom. The van der Waals surface area contributed by atoms with Crippen molar-refractivity contribution in [3.63, 3.8) is 0 Å². The molecule has 0 atom stereocenters. The van der Waals surface area contributed by atoms with Gasteiger partial charge in [0.2, 0.25) is 5.91 Å². The lowest BCUT2D eigenvalue weighted by Gasteiger charge is -2.14. The molecule has 0 aliphatic heterocycles. The van der Waals surface area contributed by atoms with Crippen molar-refractivity contribution >= 4 is 28.5 Å². The SMILES string of the molecule is CCCCNC(=O)CCc1nc2ccccc2n(Cc2c(F)cccc2Cl)c1=O. The van der Waals surface area contributed by atoms with Crippen LogP contribution in [0.4, 0.5) is 4.39 Å². The maximum atomic E-state index is 14.3. The number of fused-ring (bicyclic) bond motifs is 1. The number of aryl methyl sites for hydroxylation is 1. The largest absolute Gasteiger partial charge is 0.356 e. The van der Waals surface area contributed by atoms with Gasteiger partial charge in [-0.1, -0.05) is 43.1 Å². The summed E-state index contributed by atoms with van der Waals surface area (Å²) in [4.78, 5) is 29.6. The number of aromatic nitrogens is 2. The van der Waals surface area contributed by atoms with Gasteiger partial charge in [0.25, 0.3) is 5.56 Å². The molecule has 7 heteroatoms. The predicted octanol–water partition coefficient (Wildman–Crippen LogP) is 4.09. The van der Waals surface area contributed by atoms with Crippen molar-refractivity contribution in [1.82, 2.24) is 14.9 Å². The summed E-state index contributed by atoms with van der Waals surface area (Å²) in [6.07, 6.45) is 2.30. The fraction of sp³-hybridized carbons (Fsp3) is 0.318. The molecule has 5 nitrogen and oxygen atoms in total. The molecule has 1 amide bonds. The summed E-state index contributed by atoms with van der Waals surface area (Å²) in [7, 11) is 0. The molecule has 0 saturated heterocycles. The number of unbranched alkanes of at least 4 members (excludes halogenated alkanes) is 1. The minimum atomic E-state index is -0.470. The Morgan fingerprint density at radius 2 is 2.00 bits per heavy atom. The van der Waals surface area contributed by atoms with Crippen LogP contribution in [0.5, 0.6) is 0 Å². The van der Waals surface area contributed by atoms with Gasteiger partial charge >= 0.3 is 0 Å². The van der Waals surface area contributed by atoms with Crippen LogP contribution in [0, 0.1) is 5.82 Å². The van der Waals surface area contributed by atoms with E-state index in [0.29, 0.717) is 17.6 Å². The van der Waals surface area contributed by atoms with Crippen LogP contribution in [0.25, 0.3) is 11.0 Å². The lowest BCUT2D eigenvalue weighted by molar-refractivity contribution is -0.121. The molecule has 0 bridgehead atoms. The van der Waals surface area contributed by atoms with Crippen molar-refractivity contribution in [3.05, 3.63) is 74.9 Å². The average molecular weight is 416 g/mol. The molecule has 0 fully saturated rings. The second-order valence-electron chi connectivity index (χ2n) is 6.84. The van der Waals surface area contributed by atoms with Gasteiger partial charge in [0, 0.05) is 30.0 Å². The number of benzene rings is 2. The van der Waals surface area contributed by atoms with Crippen LogP contribution in [0.15, 0.2) is 47.3 Å². The molecular formula is C22H23ClFN3O2. The maximum absolute atomic E-state index is 14.3. The summed E-state index contributed by atoms with van der Waals surface area (Å²) in [5, 5.41) is 3.10. The Bertz CT molecular complexity index is 1060. The molecule has 0 unspecified atom stereocenters. The van der Waals surface area contributed by atoms with Gasteiger partial charge in [0.05, 0.1) is 17.6 Å². The molecular weight excluding hydrogens is 393 g/mol. The molecule has 0 saturated carbocycles. The van der Waals surface area contributed by atoms with E-state index in [1.54, 1.807) is 24.3 Å². The van der Waals surface area contributed by atoms with Crippen LogP contribution in [0.3, 0.4) is 0 Å². The second kappa shape index (κ2) is 9.65. The van der Waals surface area contributed by atoms with Crippen LogP contribution in [0.2, 0.25) is 5.02 Å². The van der Waals surface area contributed by atoms with Gasteiger partial charge in [-0.05, 0) is 30.7 Å². The number of hydrogen-bond donors (Lipinski definition) is 1. The summed E-state index contributed by atoms with van der Waals surface area (Å²) in [6.45, 7) is 2.66. The number of nitrogens with zero attached hydrogens (tertiary/aromatic N) is 2. The topological polar surface area (TPSA) is 64.0 Å². The first-order valence-corrected chi connectivity index (χ1v) is 10.1. The minimum absolute atomic E-state index is 0.0108. The van der Waals surface area contributed by atoms with Crippen molar-refractivity contribution in [1.29, 1.82) is 0 Å². The van der Waals surface area contributed by atoms with E-state index in [0.717, 1.165) is 12.8 Å². The third-order valence-corrected chi connectivity index (χ3v) is 5.09. The van der Waals surface area contributed by atoms with Gasteiger partial charge in [-0.2, -0.15) is 0 Å². The molecule has 29 heavy (non-hydrogen) atoms. The first-order chi connectivity index (χ1) is 14.0. The molecule has 3 rings (SSSR count). The Morgan fingerprint density at radius 3 is 2.76 bits per heavy atom. The number of nitrogens with one attached hydrogen (secondary N) is 1. The normalized spacial score (nSPS) is 11.0. The lowest BCUT2D eigenvalue weighted by Crippen LogP contribution is -2.29. The maximum Gasteiger partial charge on any atom is 0.273 e. The van der Waals surface area contributed by atoms with Gasteiger partial charge in [-0.15, -0.1) is 0 Å². The van der Waals surface area contributed by atoms with Crippen LogP contribution in [-0.4, -0.2) is 22.0 Å². The van der Waals surface area contributed by atoms with E-state index in [4.69, 9.17) is 11.6 Å². The zero-order chi connectivity index (χ0) is 20.8. The van der Waals surface area contributed by atoms with Gasteiger partial charge in [-0.25, -0.2) is 9.37 Å². The highest BCUT2D eigenvalue weighted by molar-refractivity contribution is 6.31. The van der Waals surface area contributed by atoms with E-state index in [-0.39, 0.29) is 47.1 Å². The van der Waals surface area contributed by atoms with E-state index in [1.807, 2.05) is 6.07 Å². The molecule has 0 spiro atoms. The molecule has 1 heterocycles. The standard InChI is InChI=1S/C22H23ClFN3O2/c1-2-3-13-25-21(28)12-11-19-22(29)27(20-10-5-4-9-18(20)26-19)14-15-16(23)7-6-8-17(15)24/h4-10H,2-3,11-14H2,1H3,(H,25,28). The Hall–Kier alpha value is -2.73. The van der Waals surface area contributed by atoms with Crippen LogP contribution in [0.1, 0.15) is 37.4 Å². The number of amides is 1. The summed E-state index contributed by atoms with van der Waals surface area (Å²) >= 11 is 6.16. The average Bonchev–Trinajstić information content (AvgIpc) is 2.71. The highest BCUT2D eigenvalue weighted by Gasteiger charge is 2.15. The number of carbonyl (C=O) groups excluding carboxylic acids is 1. The fourth-order valence-electron chi connectivity index (χ4n) is 3.13. The Balaban J connectivity index is 1.94. The lowest BCUT2D eigenvalue weighted by atomic mass is 10.1. The van der Waals surface area contributed by atoms with Crippen molar-refractivity contribution in [2.45, 2.75) is 39.2 Å². The molecule has 152 valence electrons. The van der Waals surface area contributed by atoms with E-state index < -0.39 is 5.82 Å². The van der Waals surface area contributed by atoms with Gasteiger partial charge in [0.15, 0.2) is 0 Å². The summed E-state index contributed by atoms with van der Waals surface area (Å²) < 4.78 is 15.8. The third-order valence-electron chi connectivity index (χ3n) is 4.74. The molecule has 1 aromatic heterocycles. The van der Waals surface area contributed by atoms with Crippen LogP contribution < -0.4 is 10.9 Å². The molecule has 3 aromatic rings. The van der Waals surface area contributed by atoms with Crippen molar-refractivity contribution in [2.75, 3.05) is 6.54 Å². The van der Waals surface area contributed by atoms with E-state index >= 15 is 0 Å². The third kappa shape index (κ3) is 5.01. The number of halogens is 2. The zero-order valence-corrected chi connectivity index (χ0v) is 17.0. The van der Waals surface area contributed by atoms with Crippen molar-refractivity contribution in [3.8, 4) is 0 Å². The van der Waals surface area contributed by atoms with Crippen molar-refractivity contribution in [2.24, 2.45) is 0 Å². The molecule has 0 radical (unpaired) electrons. The van der Waals surface area contributed by atoms with E-state index in [2.05, 4.69) is 17.2 Å². The number of hydrogen-bond acceptors (Lipinski definition) is 3. The number of para-hydroxylation sites is 2. The van der Waals surface area contributed by atoms with Crippen molar-refractivity contribution < 1.29 is 9.18 Å². The molecule has 1 N–H and O–H groups in total. The highest BCUT2D eigenvalue weighted by atomic mass is 35.5. The first kappa shape index (κ1) is 21.0. The van der Waals surface area contributed by atoms with Crippen LogP contribution >= 0.6 is 11.6 Å². The Kier molecular flexibility index (Phi) is 6.99. The van der Waals surface area contributed by atoms with Crippen LogP contribution in [-0.2, 0) is 17.8 Å². The number of rotatable bonds is 8. The van der Waals surface area contributed by atoms with Gasteiger partial charge < -0.3 is 9.88 Å². The van der Waals surface area contributed by atoms with E-state index in [9.17, 15) is 14.0 Å². The molecule has 0 aliphatic rings. The number of carbonyl (C=O) groups is 1. The monoisotopic (exact) mass is 415 g/mol. The van der Waals surface area contributed by atoms with Gasteiger partial charge in [-0.3, -0.25) is 9.59 Å².